The molecule has 1 heterocycles. The van der Waals surface area contributed by atoms with Crippen molar-refractivity contribution in [2.24, 2.45) is 0 Å². The van der Waals surface area contributed by atoms with Gasteiger partial charge in [-0.05, 0) is 25.1 Å². The molecule has 0 fully saturated rings. The molecule has 0 unspecified atom stereocenters. The topological polar surface area (TPSA) is 82.3 Å². The molecular weight excluding hydrogens is 299 g/mol. The van der Waals surface area contributed by atoms with Gasteiger partial charge >= 0.3 is 0 Å². The molecule has 1 aromatic carbocycles. The smallest absolute Gasteiger partial charge is 0.146 e. The highest BCUT2D eigenvalue weighted by Crippen LogP contribution is 2.38. The van der Waals surface area contributed by atoms with E-state index in [4.69, 9.17) is 20.3 Å². The number of nitrogens with one attached hydrogen (secondary N) is 2. The van der Waals surface area contributed by atoms with Crippen molar-refractivity contribution in [1.29, 1.82) is 10.8 Å². The molecule has 6 nitrogen and oxygen atoms in total. The minimum atomic E-state index is -0.554. The lowest BCUT2D eigenvalue weighted by molar-refractivity contribution is 0.397. The molecule has 0 bridgehead atoms. The van der Waals surface area contributed by atoms with Crippen molar-refractivity contribution in [3.63, 3.8) is 0 Å². The van der Waals surface area contributed by atoms with Crippen LogP contribution in [-0.4, -0.2) is 30.9 Å². The number of amidine groups is 2. The highest BCUT2D eigenvalue weighted by molar-refractivity contribution is 6.23. The van der Waals surface area contributed by atoms with E-state index in [1.165, 1.54) is 38.3 Å². The van der Waals surface area contributed by atoms with E-state index < -0.39 is 5.82 Å². The fraction of sp³-hybridized carbons (Fsp3) is 0.188. The summed E-state index contributed by atoms with van der Waals surface area (Å²) in [6.07, 6.45) is 2.42. The van der Waals surface area contributed by atoms with Crippen LogP contribution < -0.4 is 14.4 Å². The van der Waals surface area contributed by atoms with Crippen LogP contribution >= 0.6 is 0 Å². The summed E-state index contributed by atoms with van der Waals surface area (Å²) in [5.74, 6) is 0.270. The Labute approximate surface area is 133 Å². The molecule has 2 aromatic rings. The third-order valence-electron chi connectivity index (χ3n) is 3.16. The average molecular weight is 316 g/mol. The first-order chi connectivity index (χ1) is 11.0. The molecule has 0 aliphatic rings. The van der Waals surface area contributed by atoms with E-state index in [9.17, 15) is 4.39 Å². The number of methoxy groups -OCH3 is 2. The molecule has 0 aliphatic carbocycles. The fourth-order valence-corrected chi connectivity index (χ4v) is 2.17. The summed E-state index contributed by atoms with van der Waals surface area (Å²) in [7, 11) is 2.98. The number of anilines is 1. The molecule has 0 atom stereocenters. The Hall–Kier alpha value is -2.96. The molecule has 2 rings (SSSR count). The number of hydrogen-bond donors (Lipinski definition) is 2. The van der Waals surface area contributed by atoms with E-state index in [2.05, 4.69) is 4.98 Å². The summed E-state index contributed by atoms with van der Waals surface area (Å²) in [6, 6.07) is 6.33. The summed E-state index contributed by atoms with van der Waals surface area (Å²) in [5, 5.41) is 16.4. The largest absolute Gasteiger partial charge is 0.494 e. The van der Waals surface area contributed by atoms with Crippen molar-refractivity contribution < 1.29 is 13.9 Å². The highest BCUT2D eigenvalue weighted by Gasteiger charge is 2.24. The van der Waals surface area contributed by atoms with Crippen LogP contribution in [0.2, 0.25) is 0 Å². The third-order valence-corrected chi connectivity index (χ3v) is 3.16. The minimum Gasteiger partial charge on any atom is -0.494 e. The minimum absolute atomic E-state index is 0.0575. The number of rotatable bonds is 4. The third kappa shape index (κ3) is 3.28. The first kappa shape index (κ1) is 16.4. The van der Waals surface area contributed by atoms with Crippen molar-refractivity contribution in [2.75, 3.05) is 19.1 Å². The van der Waals surface area contributed by atoms with E-state index in [0.717, 1.165) is 6.20 Å². The van der Waals surface area contributed by atoms with Crippen molar-refractivity contribution in [2.45, 2.75) is 6.92 Å². The number of hydrogen-bond acceptors (Lipinski definition) is 5. The van der Waals surface area contributed by atoms with Crippen LogP contribution in [0.4, 0.5) is 10.1 Å². The molecule has 0 spiro atoms. The predicted octanol–water partition coefficient (Wildman–Crippen LogP) is 3.07. The monoisotopic (exact) mass is 316 g/mol. The Morgan fingerprint density at radius 2 is 1.74 bits per heavy atom. The van der Waals surface area contributed by atoms with Crippen LogP contribution in [-0.2, 0) is 0 Å². The summed E-state index contributed by atoms with van der Waals surface area (Å²) in [5.41, 5.74) is 0.642. The Kier molecular flexibility index (Phi) is 4.90. The van der Waals surface area contributed by atoms with E-state index in [1.54, 1.807) is 18.2 Å². The Morgan fingerprint density at radius 1 is 1.13 bits per heavy atom. The second kappa shape index (κ2) is 6.87. The van der Waals surface area contributed by atoms with Gasteiger partial charge in [-0.1, -0.05) is 6.07 Å². The highest BCUT2D eigenvalue weighted by atomic mass is 19.1. The van der Waals surface area contributed by atoms with Gasteiger partial charge < -0.3 is 9.47 Å². The molecular formula is C16H17FN4O2. The number of halogens is 1. The first-order valence-electron chi connectivity index (χ1n) is 6.75. The molecule has 0 aliphatic heterocycles. The van der Waals surface area contributed by atoms with Gasteiger partial charge in [-0.2, -0.15) is 0 Å². The van der Waals surface area contributed by atoms with E-state index >= 15 is 0 Å². The molecule has 0 saturated carbocycles. The zero-order valence-electron chi connectivity index (χ0n) is 13.1. The van der Waals surface area contributed by atoms with Crippen LogP contribution in [0, 0.1) is 16.6 Å². The van der Waals surface area contributed by atoms with Crippen molar-refractivity contribution >= 4 is 17.4 Å². The number of para-hydroxylation sites is 1. The zero-order valence-corrected chi connectivity index (χ0v) is 13.1. The molecule has 23 heavy (non-hydrogen) atoms. The second-order valence-electron chi connectivity index (χ2n) is 4.67. The van der Waals surface area contributed by atoms with Gasteiger partial charge in [-0.25, -0.2) is 4.39 Å². The standard InChI is InChI=1S/C16H17FN4O2/c1-10(18)21(16(19)11-7-12(17)9-20-8-11)15-13(22-2)5-4-6-14(15)23-3/h4-9,18-19H,1-3H3. The molecule has 0 saturated heterocycles. The van der Waals surface area contributed by atoms with Gasteiger partial charge in [0.15, 0.2) is 0 Å². The van der Waals surface area contributed by atoms with E-state index in [0.29, 0.717) is 17.2 Å². The lowest BCUT2D eigenvalue weighted by Gasteiger charge is -2.27. The summed E-state index contributed by atoms with van der Waals surface area (Å²) in [4.78, 5) is 5.06. The van der Waals surface area contributed by atoms with Gasteiger partial charge in [-0.3, -0.25) is 20.7 Å². The molecule has 120 valence electrons. The van der Waals surface area contributed by atoms with E-state index in [-0.39, 0.29) is 17.2 Å². The first-order valence-corrected chi connectivity index (χ1v) is 6.75. The van der Waals surface area contributed by atoms with E-state index in [1.807, 2.05) is 0 Å². The van der Waals surface area contributed by atoms with Crippen molar-refractivity contribution in [3.8, 4) is 11.5 Å². The van der Waals surface area contributed by atoms with Crippen molar-refractivity contribution in [3.05, 3.63) is 48.0 Å². The number of nitrogens with zero attached hydrogens (tertiary/aromatic N) is 2. The maximum absolute atomic E-state index is 13.4. The summed E-state index contributed by atoms with van der Waals surface area (Å²) in [6.45, 7) is 1.52. The predicted molar refractivity (Wildman–Crippen MR) is 86.4 cm³/mol. The van der Waals surface area contributed by atoms with Gasteiger partial charge in [0.25, 0.3) is 0 Å². The molecule has 1 aromatic heterocycles. The van der Waals surface area contributed by atoms with Crippen LogP contribution in [0.1, 0.15) is 12.5 Å². The Morgan fingerprint density at radius 3 is 2.22 bits per heavy atom. The normalized spacial score (nSPS) is 10.1. The maximum atomic E-state index is 13.4. The van der Waals surface area contributed by atoms with Gasteiger partial charge in [0.1, 0.15) is 34.7 Å². The van der Waals surface area contributed by atoms with Gasteiger partial charge in [0.05, 0.1) is 20.4 Å². The SMILES string of the molecule is COc1cccc(OC)c1N(C(C)=N)C(=N)c1cncc(F)c1. The number of ether oxygens (including phenoxy) is 2. The zero-order chi connectivity index (χ0) is 17.0. The van der Waals surface area contributed by atoms with Crippen LogP contribution in [0.25, 0.3) is 0 Å². The van der Waals surface area contributed by atoms with Gasteiger partial charge in [-0.15, -0.1) is 0 Å². The molecule has 0 radical (unpaired) electrons. The second-order valence-corrected chi connectivity index (χ2v) is 4.67. The van der Waals surface area contributed by atoms with Crippen molar-refractivity contribution in [1.82, 2.24) is 4.98 Å². The fourth-order valence-electron chi connectivity index (χ4n) is 2.17. The number of aromatic nitrogens is 1. The Balaban J connectivity index is 2.60. The summed E-state index contributed by atoms with van der Waals surface area (Å²) >= 11 is 0. The molecule has 7 heteroatoms. The van der Waals surface area contributed by atoms with Crippen LogP contribution in [0.3, 0.4) is 0 Å². The number of pyridine rings is 1. The molecule has 2 N–H and O–H groups in total. The lowest BCUT2D eigenvalue weighted by Crippen LogP contribution is -2.35. The summed E-state index contributed by atoms with van der Waals surface area (Å²) < 4.78 is 24.1. The molecule has 0 amide bonds. The van der Waals surface area contributed by atoms with Crippen LogP contribution in [0.15, 0.2) is 36.7 Å². The quantitative estimate of drug-likeness (QED) is 0.671. The van der Waals surface area contributed by atoms with Gasteiger partial charge in [0, 0.05) is 11.8 Å². The Bertz CT molecular complexity index is 726. The maximum Gasteiger partial charge on any atom is 0.146 e. The number of benzene rings is 1. The van der Waals surface area contributed by atoms with Crippen LogP contribution in [0.5, 0.6) is 11.5 Å². The lowest BCUT2D eigenvalue weighted by atomic mass is 10.1. The average Bonchev–Trinajstić information content (AvgIpc) is 2.54. The van der Waals surface area contributed by atoms with Gasteiger partial charge in [0.2, 0.25) is 0 Å².